The first-order valence-corrected chi connectivity index (χ1v) is 6.42. The predicted octanol–water partition coefficient (Wildman–Crippen LogP) is 2.25. The van der Waals surface area contributed by atoms with Crippen molar-refractivity contribution in [1.29, 1.82) is 0 Å². The maximum Gasteiger partial charge on any atom is 0.307 e. The molecule has 0 spiro atoms. The van der Waals surface area contributed by atoms with E-state index in [1.54, 1.807) is 6.92 Å². The fourth-order valence-corrected chi connectivity index (χ4v) is 2.22. The number of aliphatic carboxylic acids is 1. The highest BCUT2D eigenvalue weighted by atomic mass is 19.1. The molecule has 108 valence electrons. The SMILES string of the molecule is CCC(NC(=O)C1CC1C(=O)O)c1ccc(F)cc1F. The topological polar surface area (TPSA) is 66.4 Å². The number of halogens is 2. The number of amides is 1. The van der Waals surface area contributed by atoms with Crippen LogP contribution in [0.25, 0.3) is 0 Å². The van der Waals surface area contributed by atoms with E-state index >= 15 is 0 Å². The summed E-state index contributed by atoms with van der Waals surface area (Å²) in [7, 11) is 0. The zero-order valence-corrected chi connectivity index (χ0v) is 10.9. The molecule has 0 bridgehead atoms. The second kappa shape index (κ2) is 5.56. The fourth-order valence-electron chi connectivity index (χ4n) is 2.22. The van der Waals surface area contributed by atoms with Gasteiger partial charge in [0.15, 0.2) is 0 Å². The van der Waals surface area contributed by atoms with Crippen molar-refractivity contribution in [1.82, 2.24) is 5.32 Å². The zero-order valence-electron chi connectivity index (χ0n) is 10.9. The van der Waals surface area contributed by atoms with E-state index in [0.717, 1.165) is 12.1 Å². The summed E-state index contributed by atoms with van der Waals surface area (Å²) in [6.45, 7) is 1.76. The molecule has 2 rings (SSSR count). The van der Waals surface area contributed by atoms with Crippen molar-refractivity contribution in [2.45, 2.75) is 25.8 Å². The van der Waals surface area contributed by atoms with Gasteiger partial charge in [0.2, 0.25) is 5.91 Å². The molecular formula is C14H15F2NO3. The highest BCUT2D eigenvalue weighted by Crippen LogP contribution is 2.39. The predicted molar refractivity (Wildman–Crippen MR) is 66.8 cm³/mol. The molecule has 0 aromatic heterocycles. The van der Waals surface area contributed by atoms with Gasteiger partial charge in [0.05, 0.1) is 17.9 Å². The van der Waals surface area contributed by atoms with Crippen LogP contribution in [0.5, 0.6) is 0 Å². The van der Waals surface area contributed by atoms with Gasteiger partial charge in [0.1, 0.15) is 11.6 Å². The van der Waals surface area contributed by atoms with Gasteiger partial charge in [-0.2, -0.15) is 0 Å². The lowest BCUT2D eigenvalue weighted by Gasteiger charge is -2.18. The smallest absolute Gasteiger partial charge is 0.307 e. The van der Waals surface area contributed by atoms with Crippen molar-refractivity contribution in [2.24, 2.45) is 11.8 Å². The Bertz CT molecular complexity index is 547. The largest absolute Gasteiger partial charge is 0.481 e. The maximum absolute atomic E-state index is 13.7. The molecule has 1 amide bonds. The van der Waals surface area contributed by atoms with Crippen molar-refractivity contribution in [3.63, 3.8) is 0 Å². The minimum absolute atomic E-state index is 0.203. The van der Waals surface area contributed by atoms with Crippen LogP contribution in [0.3, 0.4) is 0 Å². The molecule has 0 saturated heterocycles. The quantitative estimate of drug-likeness (QED) is 0.871. The average molecular weight is 283 g/mol. The third-order valence-electron chi connectivity index (χ3n) is 3.51. The summed E-state index contributed by atoms with van der Waals surface area (Å²) in [6, 6.07) is 2.60. The van der Waals surface area contributed by atoms with Gasteiger partial charge in [-0.15, -0.1) is 0 Å². The van der Waals surface area contributed by atoms with Crippen molar-refractivity contribution in [3.8, 4) is 0 Å². The number of nitrogens with one attached hydrogen (secondary N) is 1. The Morgan fingerprint density at radius 3 is 2.60 bits per heavy atom. The van der Waals surface area contributed by atoms with Gasteiger partial charge >= 0.3 is 5.97 Å². The van der Waals surface area contributed by atoms with Crippen LogP contribution in [0.4, 0.5) is 8.78 Å². The summed E-state index contributed by atoms with van der Waals surface area (Å²) >= 11 is 0. The maximum atomic E-state index is 13.7. The first-order valence-electron chi connectivity index (χ1n) is 6.42. The molecule has 2 N–H and O–H groups in total. The van der Waals surface area contributed by atoms with Crippen molar-refractivity contribution < 1.29 is 23.5 Å². The number of hydrogen-bond donors (Lipinski definition) is 2. The van der Waals surface area contributed by atoms with Gasteiger partial charge in [-0.1, -0.05) is 13.0 Å². The van der Waals surface area contributed by atoms with Crippen LogP contribution in [-0.4, -0.2) is 17.0 Å². The number of rotatable bonds is 5. The highest BCUT2D eigenvalue weighted by Gasteiger charge is 2.48. The van der Waals surface area contributed by atoms with Crippen LogP contribution >= 0.6 is 0 Å². The second-order valence-corrected chi connectivity index (χ2v) is 4.92. The lowest BCUT2D eigenvalue weighted by atomic mass is 10.0. The fraction of sp³-hybridized carbons (Fsp3) is 0.429. The number of benzene rings is 1. The third kappa shape index (κ3) is 2.95. The Labute approximate surface area is 114 Å². The van der Waals surface area contributed by atoms with Gasteiger partial charge < -0.3 is 10.4 Å². The molecule has 3 atom stereocenters. The monoisotopic (exact) mass is 283 g/mol. The van der Waals surface area contributed by atoms with E-state index in [9.17, 15) is 18.4 Å². The number of carbonyl (C=O) groups excluding carboxylic acids is 1. The molecule has 1 saturated carbocycles. The van der Waals surface area contributed by atoms with Crippen LogP contribution in [0.1, 0.15) is 31.4 Å². The Kier molecular flexibility index (Phi) is 4.01. The third-order valence-corrected chi connectivity index (χ3v) is 3.51. The molecule has 0 aliphatic heterocycles. The normalized spacial score (nSPS) is 22.1. The van der Waals surface area contributed by atoms with E-state index in [1.807, 2.05) is 0 Å². The summed E-state index contributed by atoms with van der Waals surface area (Å²) in [6.07, 6.45) is 0.738. The Morgan fingerprint density at radius 2 is 2.10 bits per heavy atom. The summed E-state index contributed by atoms with van der Waals surface area (Å²) in [5.41, 5.74) is 0.203. The molecule has 1 aromatic rings. The molecule has 1 aliphatic rings. The van der Waals surface area contributed by atoms with E-state index in [2.05, 4.69) is 5.32 Å². The van der Waals surface area contributed by atoms with Gasteiger partial charge in [-0.25, -0.2) is 8.78 Å². The Morgan fingerprint density at radius 1 is 1.40 bits per heavy atom. The van der Waals surface area contributed by atoms with E-state index in [4.69, 9.17) is 5.11 Å². The second-order valence-electron chi connectivity index (χ2n) is 4.92. The molecular weight excluding hydrogens is 268 g/mol. The average Bonchev–Trinajstić information content (AvgIpc) is 3.16. The Hall–Kier alpha value is -1.98. The van der Waals surface area contributed by atoms with Crippen molar-refractivity contribution in [2.75, 3.05) is 0 Å². The number of hydrogen-bond acceptors (Lipinski definition) is 2. The van der Waals surface area contributed by atoms with Crippen LogP contribution in [-0.2, 0) is 9.59 Å². The van der Waals surface area contributed by atoms with Gasteiger partial charge in [0.25, 0.3) is 0 Å². The summed E-state index contributed by atoms with van der Waals surface area (Å²) in [5, 5.41) is 11.4. The van der Waals surface area contributed by atoms with Crippen molar-refractivity contribution in [3.05, 3.63) is 35.4 Å². The number of carboxylic acids is 1. The molecule has 0 heterocycles. The van der Waals surface area contributed by atoms with E-state index in [-0.39, 0.29) is 5.56 Å². The van der Waals surface area contributed by atoms with Gasteiger partial charge in [-0.3, -0.25) is 9.59 Å². The van der Waals surface area contributed by atoms with Gasteiger partial charge in [0, 0.05) is 11.6 Å². The van der Waals surface area contributed by atoms with Crippen LogP contribution < -0.4 is 5.32 Å². The van der Waals surface area contributed by atoms with Gasteiger partial charge in [-0.05, 0) is 18.9 Å². The lowest BCUT2D eigenvalue weighted by Crippen LogP contribution is -2.31. The molecule has 1 fully saturated rings. The van der Waals surface area contributed by atoms with Crippen LogP contribution in [0.2, 0.25) is 0 Å². The van der Waals surface area contributed by atoms with E-state index < -0.39 is 41.4 Å². The Balaban J connectivity index is 2.06. The lowest BCUT2D eigenvalue weighted by molar-refractivity contribution is -0.140. The number of carbonyl (C=O) groups is 2. The standard InChI is InChI=1S/C14H15F2NO3/c1-2-12(8-4-3-7(15)5-11(8)16)17-13(18)9-6-10(9)14(19)20/h3-5,9-10,12H,2,6H2,1H3,(H,17,18)(H,19,20). The van der Waals surface area contributed by atoms with Crippen LogP contribution in [0, 0.1) is 23.5 Å². The molecule has 4 nitrogen and oxygen atoms in total. The summed E-state index contributed by atoms with van der Waals surface area (Å²) < 4.78 is 26.5. The van der Waals surface area contributed by atoms with E-state index in [1.165, 1.54) is 6.07 Å². The first-order chi connectivity index (χ1) is 9.43. The van der Waals surface area contributed by atoms with Crippen molar-refractivity contribution >= 4 is 11.9 Å². The van der Waals surface area contributed by atoms with Crippen LogP contribution in [0.15, 0.2) is 18.2 Å². The first kappa shape index (κ1) is 14.4. The minimum Gasteiger partial charge on any atom is -0.481 e. The summed E-state index contributed by atoms with van der Waals surface area (Å²) in [5.74, 6) is -3.99. The molecule has 6 heteroatoms. The molecule has 20 heavy (non-hydrogen) atoms. The minimum atomic E-state index is -0.994. The van der Waals surface area contributed by atoms with E-state index in [0.29, 0.717) is 12.8 Å². The molecule has 0 radical (unpaired) electrons. The molecule has 1 aromatic carbocycles. The summed E-state index contributed by atoms with van der Waals surface area (Å²) in [4.78, 5) is 22.6. The molecule has 3 unspecified atom stereocenters. The molecule has 1 aliphatic carbocycles. The number of carboxylic acid groups (broad SMARTS) is 1. The zero-order chi connectivity index (χ0) is 14.9. The highest BCUT2D eigenvalue weighted by molar-refractivity contribution is 5.89.